The van der Waals surface area contributed by atoms with E-state index in [9.17, 15) is 19.2 Å². The molecule has 0 fully saturated rings. The van der Waals surface area contributed by atoms with Crippen molar-refractivity contribution in [3.8, 4) is 5.75 Å². The maximum Gasteiger partial charge on any atom is 0.338 e. The lowest BCUT2D eigenvalue weighted by atomic mass is 10.0. The molecular weight excluding hydrogens is 552 g/mol. The van der Waals surface area contributed by atoms with Crippen LogP contribution in [0.2, 0.25) is 0 Å². The van der Waals surface area contributed by atoms with E-state index in [-0.39, 0.29) is 31.2 Å². The van der Waals surface area contributed by atoms with Gasteiger partial charge in [0, 0.05) is 13.3 Å². The number of carbonyl (C=O) groups excluding carboxylic acids is 4. The molecule has 0 radical (unpaired) electrons. The van der Waals surface area contributed by atoms with Crippen LogP contribution in [-0.2, 0) is 30.3 Å². The zero-order chi connectivity index (χ0) is 29.9. The van der Waals surface area contributed by atoms with Crippen LogP contribution in [0.3, 0.4) is 0 Å². The molecule has 228 valence electrons. The predicted molar refractivity (Wildman–Crippen MR) is 152 cm³/mol. The van der Waals surface area contributed by atoms with E-state index >= 15 is 0 Å². The van der Waals surface area contributed by atoms with Crippen molar-refractivity contribution in [3.05, 3.63) is 55.1 Å². The van der Waals surface area contributed by atoms with E-state index in [1.54, 1.807) is 30.3 Å². The van der Waals surface area contributed by atoms with E-state index < -0.39 is 41.8 Å². The first-order valence-corrected chi connectivity index (χ1v) is 13.1. The minimum Gasteiger partial charge on any atom is -1.00 e. The standard InChI is InChI=1S/C28H42N6O6.ClH/c1-5-10-23(27(38)39-4)34-25(36)22(11-8-7-9-16-31-28(29)30)33-26(37)24(32-19(3)35)18-20-12-14-21(15-13-20)40-17-6-2;/h5-6,12-15,22-24H,1-2,7-11,16-18H2,3-4H3,(H,32,35)(H,33,37)(H,34,36)(H4,29,30,31);1H/t22-,23-,24-;/m0./s1. The molecule has 0 bridgehead atoms. The molecule has 0 saturated carbocycles. The summed E-state index contributed by atoms with van der Waals surface area (Å²) in [6, 6.07) is 4.25. The summed E-state index contributed by atoms with van der Waals surface area (Å²) >= 11 is 0. The van der Waals surface area contributed by atoms with Crippen molar-refractivity contribution in [1.82, 2.24) is 16.0 Å². The van der Waals surface area contributed by atoms with Gasteiger partial charge in [-0.25, -0.2) is 4.79 Å². The first-order valence-electron chi connectivity index (χ1n) is 13.1. The van der Waals surface area contributed by atoms with Crippen molar-refractivity contribution in [2.45, 2.75) is 63.6 Å². The Morgan fingerprint density at radius 2 is 1.56 bits per heavy atom. The zero-order valence-corrected chi connectivity index (χ0v) is 24.5. The molecule has 0 heterocycles. The third-order valence-corrected chi connectivity index (χ3v) is 5.76. The molecule has 1 aromatic rings. The Morgan fingerprint density at radius 3 is 2.12 bits per heavy atom. The van der Waals surface area contributed by atoms with Crippen molar-refractivity contribution in [1.29, 1.82) is 0 Å². The molecule has 3 amide bonds. The average Bonchev–Trinajstić information content (AvgIpc) is 2.92. The third kappa shape index (κ3) is 15.3. The van der Waals surface area contributed by atoms with Crippen LogP contribution in [0.15, 0.2) is 49.6 Å². The number of ether oxygens (including phenoxy) is 2. The molecule has 41 heavy (non-hydrogen) atoms. The van der Waals surface area contributed by atoms with Crippen LogP contribution in [0, 0.1) is 0 Å². The lowest BCUT2D eigenvalue weighted by Gasteiger charge is -2.24. The molecule has 0 spiro atoms. The Bertz CT molecular complexity index is 1030. The Labute approximate surface area is 247 Å². The minimum atomic E-state index is -0.963. The van der Waals surface area contributed by atoms with Gasteiger partial charge in [0.2, 0.25) is 17.7 Å². The minimum absolute atomic E-state index is 0. The van der Waals surface area contributed by atoms with E-state index in [1.807, 2.05) is 0 Å². The highest BCUT2D eigenvalue weighted by Gasteiger charge is 2.29. The fourth-order valence-electron chi connectivity index (χ4n) is 3.79. The van der Waals surface area contributed by atoms with Gasteiger partial charge in [-0.1, -0.05) is 43.7 Å². The normalized spacial score (nSPS) is 12.2. The molecular formula is C28H43ClN6O6. The molecule has 0 aliphatic rings. The van der Waals surface area contributed by atoms with Gasteiger partial charge in [0.05, 0.1) is 13.7 Å². The number of methoxy groups -OCH3 is 1. The summed E-state index contributed by atoms with van der Waals surface area (Å²) in [5.41, 5.74) is 11.6. The summed E-state index contributed by atoms with van der Waals surface area (Å²) in [5.74, 6) is -1.34. The summed E-state index contributed by atoms with van der Waals surface area (Å²) in [6.07, 6.45) is 5.81. The number of amides is 3. The van der Waals surface area contributed by atoms with E-state index in [4.69, 9.17) is 20.9 Å². The van der Waals surface area contributed by atoms with E-state index in [1.165, 1.54) is 20.1 Å². The molecule has 0 aromatic heterocycles. The topological polar surface area (TPSA) is 189 Å². The molecule has 12 nitrogen and oxygen atoms in total. The van der Waals surface area contributed by atoms with Crippen LogP contribution >= 0.6 is 0 Å². The van der Waals surface area contributed by atoms with Crippen molar-refractivity contribution >= 4 is 29.7 Å². The predicted octanol–water partition coefficient (Wildman–Crippen LogP) is -4.06. The molecule has 1 rings (SSSR count). The summed E-state index contributed by atoms with van der Waals surface area (Å²) in [4.78, 5) is 53.4. The van der Waals surface area contributed by atoms with Crippen LogP contribution in [0.25, 0.3) is 0 Å². The third-order valence-electron chi connectivity index (χ3n) is 5.76. The highest BCUT2D eigenvalue weighted by atomic mass is 35.5. The van der Waals surface area contributed by atoms with Crippen molar-refractivity contribution in [2.24, 2.45) is 11.5 Å². The molecule has 3 atom stereocenters. The maximum atomic E-state index is 13.3. The lowest BCUT2D eigenvalue weighted by molar-refractivity contribution is -0.459. The van der Waals surface area contributed by atoms with Gasteiger partial charge < -0.3 is 37.8 Å². The Kier molecular flexibility index (Phi) is 18.7. The highest BCUT2D eigenvalue weighted by Crippen LogP contribution is 2.14. The van der Waals surface area contributed by atoms with Gasteiger partial charge in [0.25, 0.3) is 0 Å². The van der Waals surface area contributed by atoms with Gasteiger partial charge >= 0.3 is 11.9 Å². The van der Waals surface area contributed by atoms with E-state index in [0.717, 1.165) is 18.4 Å². The van der Waals surface area contributed by atoms with Crippen molar-refractivity contribution in [3.63, 3.8) is 0 Å². The van der Waals surface area contributed by atoms with Crippen LogP contribution < -0.4 is 49.6 Å². The first-order chi connectivity index (χ1) is 19.1. The number of nitrogens with one attached hydrogen (secondary N) is 4. The number of unbranched alkanes of at least 4 members (excludes halogenated alkanes) is 2. The van der Waals surface area contributed by atoms with Gasteiger partial charge in [0.15, 0.2) is 0 Å². The Morgan fingerprint density at radius 1 is 0.927 bits per heavy atom. The highest BCUT2D eigenvalue weighted by molar-refractivity contribution is 5.93. The number of esters is 1. The molecule has 1 aromatic carbocycles. The largest absolute Gasteiger partial charge is 1.00 e. The quantitative estimate of drug-likeness (QED) is 0.0307. The van der Waals surface area contributed by atoms with Crippen LogP contribution in [-0.4, -0.2) is 68.0 Å². The molecule has 8 N–H and O–H groups in total. The molecule has 0 unspecified atom stereocenters. The molecule has 0 aliphatic heterocycles. The number of rotatable bonds is 19. The van der Waals surface area contributed by atoms with Gasteiger partial charge in [-0.05, 0) is 37.0 Å². The van der Waals surface area contributed by atoms with Gasteiger partial charge in [-0.3, -0.25) is 30.8 Å². The molecule has 13 heteroatoms. The van der Waals surface area contributed by atoms with E-state index in [0.29, 0.717) is 31.7 Å². The summed E-state index contributed by atoms with van der Waals surface area (Å²) in [7, 11) is 1.22. The zero-order valence-electron chi connectivity index (χ0n) is 23.7. The average molecular weight is 595 g/mol. The second-order valence-electron chi connectivity index (χ2n) is 9.10. The van der Waals surface area contributed by atoms with Gasteiger partial charge in [-0.15, -0.1) is 6.58 Å². The summed E-state index contributed by atoms with van der Waals surface area (Å²) < 4.78 is 10.3. The fourth-order valence-corrected chi connectivity index (χ4v) is 3.79. The summed E-state index contributed by atoms with van der Waals surface area (Å²) in [5, 5.41) is 8.05. The van der Waals surface area contributed by atoms with Crippen molar-refractivity contribution in [2.75, 3.05) is 20.3 Å². The number of hydrogen-bond acceptors (Lipinski definition) is 6. The number of benzene rings is 1. The number of hydrogen-bond donors (Lipinski definition) is 6. The van der Waals surface area contributed by atoms with Gasteiger partial charge in [0.1, 0.15) is 30.5 Å². The maximum absolute atomic E-state index is 13.3. The molecule has 0 saturated heterocycles. The fraction of sp³-hybridized carbons (Fsp3) is 0.464. The monoisotopic (exact) mass is 594 g/mol. The van der Waals surface area contributed by atoms with Crippen molar-refractivity contribution < 1.29 is 46.1 Å². The number of carbonyl (C=O) groups is 4. The van der Waals surface area contributed by atoms with Crippen LogP contribution in [0.1, 0.15) is 44.6 Å². The van der Waals surface area contributed by atoms with Crippen LogP contribution in [0.5, 0.6) is 5.75 Å². The smallest absolute Gasteiger partial charge is 0.338 e. The van der Waals surface area contributed by atoms with Gasteiger partial charge in [-0.2, -0.15) is 0 Å². The summed E-state index contributed by atoms with van der Waals surface area (Å²) in [6.45, 7) is 9.46. The number of nitrogens with two attached hydrogens (primary N) is 2. The Hall–Kier alpha value is -4.06. The second kappa shape index (κ2) is 20.8. The van der Waals surface area contributed by atoms with Crippen LogP contribution in [0.4, 0.5) is 0 Å². The van der Waals surface area contributed by atoms with E-state index in [2.05, 4.69) is 34.1 Å². The first kappa shape index (κ1) is 36.9. The Balaban J connectivity index is 0.0000160. The second-order valence-corrected chi connectivity index (χ2v) is 9.10. The number of halogens is 1. The number of guanidine groups is 1. The lowest BCUT2D eigenvalue weighted by Crippen LogP contribution is -3.00. The SMILES string of the molecule is C=CCOc1ccc(C[C@H](NC(C)=O)C(=O)N[C@@H](CCCCC[NH+]=C(N)N)C(=O)N[C@@H](CC=C)C(=O)OC)cc1.[Cl-]. The molecule has 0 aliphatic carbocycles.